The third kappa shape index (κ3) is 5.05. The van der Waals surface area contributed by atoms with Gasteiger partial charge in [0.05, 0.1) is 30.6 Å². The smallest absolute Gasteiger partial charge is 0.248 e. The maximum absolute atomic E-state index is 14.8. The molecule has 3 aliphatic heterocycles. The number of para-hydroxylation sites is 1. The lowest BCUT2D eigenvalue weighted by Gasteiger charge is -2.43. The van der Waals surface area contributed by atoms with Crippen molar-refractivity contribution in [2.24, 2.45) is 17.8 Å². The molecule has 1 aromatic rings. The minimum atomic E-state index is -1.18. The number of fused-ring (bicyclic) bond motifs is 1. The second-order valence-corrected chi connectivity index (χ2v) is 13.7. The van der Waals surface area contributed by atoms with E-state index in [0.717, 1.165) is 32.1 Å². The van der Waals surface area contributed by atoms with Gasteiger partial charge >= 0.3 is 0 Å². The molecule has 42 heavy (non-hydrogen) atoms. The molecule has 1 N–H and O–H groups in total. The lowest BCUT2D eigenvalue weighted by molar-refractivity contribution is -0.154. The first-order chi connectivity index (χ1) is 20.2. The van der Waals surface area contributed by atoms with E-state index < -0.39 is 35.6 Å². The number of halogens is 1. The number of aliphatic hydroxyl groups excluding tert-OH is 1. The van der Waals surface area contributed by atoms with Gasteiger partial charge in [0.1, 0.15) is 11.6 Å². The first kappa shape index (κ1) is 31.0. The number of rotatable bonds is 11. The summed E-state index contributed by atoms with van der Waals surface area (Å²) < 4.78 is 6.78. The van der Waals surface area contributed by atoms with Gasteiger partial charge in [0.2, 0.25) is 17.7 Å². The van der Waals surface area contributed by atoms with Crippen molar-refractivity contribution in [1.29, 1.82) is 0 Å². The van der Waals surface area contributed by atoms with Crippen LogP contribution in [0.5, 0.6) is 0 Å². The van der Waals surface area contributed by atoms with Crippen molar-refractivity contribution in [3.63, 3.8) is 0 Å². The first-order valence-electron chi connectivity index (χ1n) is 15.3. The number of aliphatic hydroxyl groups is 1. The fourth-order valence-corrected chi connectivity index (χ4v) is 8.90. The molecule has 3 amide bonds. The van der Waals surface area contributed by atoms with Crippen LogP contribution in [0.15, 0.2) is 55.6 Å². The van der Waals surface area contributed by atoms with Crippen molar-refractivity contribution >= 4 is 39.3 Å². The standard InChI is InChI=1S/C33H44BrN3O5/c1-5-17-35(22-13-9-7-10-14-22)30(39)26-27-31(40)37(25(20-38)21(3)4)29(33(27)19-24(34)28(26)42-33)32(41)36(18-6-2)23-15-11-8-12-16-23/h5-7,9-10,13-14,21,23-29,38H,1-2,8,11-12,15-20H2,3-4H3/t24?,25-,26-,27-,28-,29?,33?/m0/s1. The largest absolute Gasteiger partial charge is 0.394 e. The number of hydrogen-bond acceptors (Lipinski definition) is 5. The molecule has 3 unspecified atom stereocenters. The van der Waals surface area contributed by atoms with Crippen LogP contribution in [-0.2, 0) is 19.1 Å². The monoisotopic (exact) mass is 641 g/mol. The summed E-state index contributed by atoms with van der Waals surface area (Å²) in [5.41, 5.74) is -0.467. The van der Waals surface area contributed by atoms with Crippen molar-refractivity contribution in [1.82, 2.24) is 9.80 Å². The van der Waals surface area contributed by atoms with Gasteiger partial charge < -0.3 is 24.5 Å². The van der Waals surface area contributed by atoms with Crippen molar-refractivity contribution < 1.29 is 24.2 Å². The Morgan fingerprint density at radius 1 is 1.12 bits per heavy atom. The molecule has 1 aromatic carbocycles. The summed E-state index contributed by atoms with van der Waals surface area (Å²) in [7, 11) is 0. The summed E-state index contributed by atoms with van der Waals surface area (Å²) in [6.07, 6.45) is 8.35. The predicted molar refractivity (Wildman–Crippen MR) is 166 cm³/mol. The van der Waals surface area contributed by atoms with Gasteiger partial charge in [0.25, 0.3) is 0 Å². The number of carbonyl (C=O) groups excluding carboxylic acids is 3. The Morgan fingerprint density at radius 2 is 1.79 bits per heavy atom. The van der Waals surface area contributed by atoms with Gasteiger partial charge in [-0.15, -0.1) is 13.2 Å². The van der Waals surface area contributed by atoms with Crippen LogP contribution in [0.25, 0.3) is 0 Å². The number of anilines is 1. The Labute approximate surface area is 257 Å². The Hall–Kier alpha value is -2.49. The molecule has 0 radical (unpaired) electrons. The second-order valence-electron chi connectivity index (χ2n) is 12.5. The summed E-state index contributed by atoms with van der Waals surface area (Å²) in [5, 5.41) is 10.6. The number of carbonyl (C=O) groups is 3. The molecule has 228 valence electrons. The van der Waals surface area contributed by atoms with Gasteiger partial charge in [-0.2, -0.15) is 0 Å². The summed E-state index contributed by atoms with van der Waals surface area (Å²) in [5.74, 6) is -2.40. The van der Waals surface area contributed by atoms with Crippen LogP contribution in [0.1, 0.15) is 52.4 Å². The molecule has 1 spiro atoms. The van der Waals surface area contributed by atoms with Crippen molar-refractivity contribution in [2.75, 3.05) is 24.6 Å². The van der Waals surface area contributed by atoms with Gasteiger partial charge in [-0.05, 0) is 37.3 Å². The van der Waals surface area contributed by atoms with E-state index in [2.05, 4.69) is 29.1 Å². The minimum absolute atomic E-state index is 0.0558. The van der Waals surface area contributed by atoms with E-state index in [1.54, 1.807) is 22.0 Å². The summed E-state index contributed by atoms with van der Waals surface area (Å²) in [6.45, 7) is 12.1. The topological polar surface area (TPSA) is 90.4 Å². The number of likely N-dealkylation sites (tertiary alicyclic amines) is 1. The van der Waals surface area contributed by atoms with Crippen LogP contribution >= 0.6 is 15.9 Å². The molecule has 3 heterocycles. The molecule has 5 rings (SSSR count). The molecule has 4 fully saturated rings. The zero-order valence-corrected chi connectivity index (χ0v) is 26.3. The molecular formula is C33H44BrN3O5. The Morgan fingerprint density at radius 3 is 2.38 bits per heavy atom. The number of benzene rings is 1. The number of nitrogens with zero attached hydrogens (tertiary/aromatic N) is 3. The predicted octanol–water partition coefficient (Wildman–Crippen LogP) is 4.32. The molecule has 4 aliphatic rings. The average molecular weight is 643 g/mol. The molecule has 1 aliphatic carbocycles. The van der Waals surface area contributed by atoms with Gasteiger partial charge in [-0.25, -0.2) is 0 Å². The number of hydrogen-bond donors (Lipinski definition) is 1. The van der Waals surface area contributed by atoms with E-state index in [0.29, 0.717) is 18.7 Å². The van der Waals surface area contributed by atoms with Crippen LogP contribution in [0.3, 0.4) is 0 Å². The maximum Gasteiger partial charge on any atom is 0.248 e. The van der Waals surface area contributed by atoms with Crippen molar-refractivity contribution in [3.8, 4) is 0 Å². The van der Waals surface area contributed by atoms with Gasteiger partial charge in [-0.1, -0.05) is 79.4 Å². The molecule has 3 saturated heterocycles. The lowest BCUT2D eigenvalue weighted by atomic mass is 9.70. The molecule has 0 aromatic heterocycles. The first-order valence-corrected chi connectivity index (χ1v) is 16.3. The van der Waals surface area contributed by atoms with Crippen molar-refractivity contribution in [2.45, 2.75) is 87.0 Å². The highest BCUT2D eigenvalue weighted by Crippen LogP contribution is 2.61. The minimum Gasteiger partial charge on any atom is -0.394 e. The lowest BCUT2D eigenvalue weighted by Crippen LogP contribution is -2.61. The van der Waals surface area contributed by atoms with Crippen LogP contribution in [0, 0.1) is 17.8 Å². The second kappa shape index (κ2) is 12.6. The molecule has 2 bridgehead atoms. The maximum atomic E-state index is 14.8. The van der Waals surface area contributed by atoms with Gasteiger partial charge in [0, 0.05) is 29.6 Å². The van der Waals surface area contributed by atoms with Crippen LogP contribution in [0.4, 0.5) is 5.69 Å². The molecule has 7 atom stereocenters. The molecule has 8 nitrogen and oxygen atoms in total. The van der Waals surface area contributed by atoms with E-state index in [1.165, 1.54) is 0 Å². The van der Waals surface area contributed by atoms with Crippen LogP contribution < -0.4 is 4.90 Å². The van der Waals surface area contributed by atoms with Crippen molar-refractivity contribution in [3.05, 3.63) is 55.6 Å². The zero-order chi connectivity index (χ0) is 30.2. The highest BCUT2D eigenvalue weighted by Gasteiger charge is 2.77. The Balaban J connectivity index is 1.60. The molecular weight excluding hydrogens is 598 g/mol. The highest BCUT2D eigenvalue weighted by molar-refractivity contribution is 9.09. The zero-order valence-electron chi connectivity index (χ0n) is 24.7. The fraction of sp³-hybridized carbons (Fsp3) is 0.606. The summed E-state index contributed by atoms with van der Waals surface area (Å²) in [6, 6.07) is 7.89. The number of ether oxygens (including phenoxy) is 1. The molecule has 9 heteroatoms. The van der Waals surface area contributed by atoms with E-state index in [1.807, 2.05) is 49.1 Å². The van der Waals surface area contributed by atoms with Gasteiger partial charge in [0.15, 0.2) is 0 Å². The van der Waals surface area contributed by atoms with E-state index in [4.69, 9.17) is 4.74 Å². The summed E-state index contributed by atoms with van der Waals surface area (Å²) in [4.78, 5) is 48.8. The number of alkyl halides is 1. The van der Waals surface area contributed by atoms with E-state index in [-0.39, 0.29) is 47.7 Å². The Kier molecular flexibility index (Phi) is 9.30. The van der Waals surface area contributed by atoms with E-state index >= 15 is 0 Å². The number of amides is 3. The average Bonchev–Trinajstić information content (AvgIpc) is 3.58. The normalized spacial score (nSPS) is 31.2. The third-order valence-corrected chi connectivity index (χ3v) is 10.7. The van der Waals surface area contributed by atoms with Crippen LogP contribution in [0.2, 0.25) is 0 Å². The summed E-state index contributed by atoms with van der Waals surface area (Å²) >= 11 is 3.79. The SMILES string of the molecule is C=CCN(C(=O)[C@H]1[C@H]2C(=O)N([C@@H](CO)C(C)C)C(C(=O)N(CC=C)C3CCCCC3)C23CC(Br)[C@@H]1O3)c1ccccc1. The quantitative estimate of drug-likeness (QED) is 0.287. The van der Waals surface area contributed by atoms with Crippen LogP contribution in [-0.4, -0.2) is 87.0 Å². The van der Waals surface area contributed by atoms with Gasteiger partial charge in [-0.3, -0.25) is 14.4 Å². The highest BCUT2D eigenvalue weighted by atomic mass is 79.9. The fourth-order valence-electron chi connectivity index (χ4n) is 7.95. The molecule has 1 saturated carbocycles. The third-order valence-electron chi connectivity index (χ3n) is 9.83. The Bertz CT molecular complexity index is 1190. The van der Waals surface area contributed by atoms with E-state index in [9.17, 15) is 19.5 Å².